The number of hydrogen-bond acceptors (Lipinski definition) is 29. The second-order valence-electron chi connectivity index (χ2n) is 35.9. The van der Waals surface area contributed by atoms with Crippen molar-refractivity contribution < 1.29 is 116 Å². The van der Waals surface area contributed by atoms with Gasteiger partial charge in [0, 0.05) is 103 Å². The van der Waals surface area contributed by atoms with Crippen molar-refractivity contribution in [1.29, 1.82) is 5.41 Å². The van der Waals surface area contributed by atoms with Crippen molar-refractivity contribution in [2.24, 2.45) is 17.2 Å². The first-order valence-corrected chi connectivity index (χ1v) is 49.7. The number of guanidine groups is 1. The number of aryl methyl sites for hydroxylation is 1. The van der Waals surface area contributed by atoms with Crippen LogP contribution in [0.25, 0.3) is 0 Å². The second kappa shape index (κ2) is 68.2. The lowest BCUT2D eigenvalue weighted by molar-refractivity contribution is -0.144. The fraction of sp³-hybridized carbons (Fsp3) is 0.611. The summed E-state index contributed by atoms with van der Waals surface area (Å²) in [4.78, 5) is 260. The molecule has 1 aromatic carbocycles. The van der Waals surface area contributed by atoms with E-state index in [1.807, 2.05) is 6.08 Å². The number of aliphatic carboxylic acids is 2. The number of aromatic amines is 2. The maximum Gasteiger partial charge on any atom is 0.317 e. The number of ether oxygens (including phenoxy) is 2. The van der Waals surface area contributed by atoms with Crippen molar-refractivity contribution >= 4 is 112 Å². The standard InChI is InChI=1S/C95H147N27O24/c1-3-4-30-66(85(135)112-69-36-38-79(127)102-40-25-23-31-65(84(97)134)108-89(139)71(47-62-50-100-39-24-17-18-27-60(62)2)113-86(136)67(32-26-41-104-95(98)99)109-88(138)70(46-61-28-19-16-20-29-61)115-93(143)75-49-64(124)53-122(75)94(69)144)110-91(141)73(54-121(55-82(130)131)56-83(132)133)116-90(140)72(48-63-51-101-59-106-63)114-87(137)68(35-37-76(96)125)111-92(142)74(57-123)107-80(128)52-105-81(129)58-146-45-44-145-43-42-103-78(126)34-22-15-13-11-9-7-5-6-8-10-12-14-21-33-77-117-119-120-118-77/h16-20,24,27-29,50-51,59,64-75,100,123-124H,2-15,21-23,25-26,30-49,52-58H2,1H3,(H2,96,125)(H2,97,134)(H,101,106)(H,102,127)(H,103,126)(H,105,129)(H,107,128)(H,108,139)(H,109,138)(H,110,141)(H,111,142)(H,112,135)(H,113,136)(H,114,137)(H,115,143)(H,116,140)(H,130,131)(H,132,133)(H4,98,99,104)(H,117,118,119,120)/b24-17-,27-18-,62-50?/t64-,65+,66+,67+,68+,69+,70-,71+,72+,73+,74+,75+/m1/s1. The Morgan fingerprint density at radius 2 is 1.26 bits per heavy atom. The van der Waals surface area contributed by atoms with Crippen LogP contribution >= 0.6 is 0 Å². The van der Waals surface area contributed by atoms with Gasteiger partial charge in [-0.05, 0) is 91.3 Å². The van der Waals surface area contributed by atoms with Crippen molar-refractivity contribution in [3.05, 3.63) is 108 Å². The van der Waals surface area contributed by atoms with E-state index in [-0.39, 0.29) is 109 Å². The summed E-state index contributed by atoms with van der Waals surface area (Å²) < 4.78 is 10.8. The third-order valence-electron chi connectivity index (χ3n) is 23.9. The fourth-order valence-electron chi connectivity index (χ4n) is 16.1. The molecule has 3 aliphatic rings. The number of nitrogens with zero attached hydrogens (tertiary/aromatic N) is 6. The molecule has 28 N–H and O–H groups in total. The number of allylic oxidation sites excluding steroid dienone is 4. The predicted octanol–water partition coefficient (Wildman–Crippen LogP) is -4.22. The van der Waals surface area contributed by atoms with Crippen molar-refractivity contribution in [1.82, 2.24) is 120 Å². The number of benzene rings is 1. The van der Waals surface area contributed by atoms with Crippen LogP contribution in [0.4, 0.5) is 0 Å². The van der Waals surface area contributed by atoms with Gasteiger partial charge in [0.15, 0.2) is 5.96 Å². The number of aromatic nitrogens is 6. The van der Waals surface area contributed by atoms with E-state index in [9.17, 15) is 78.0 Å². The van der Waals surface area contributed by atoms with E-state index < -0.39 is 264 Å². The zero-order valence-electron chi connectivity index (χ0n) is 82.8. The van der Waals surface area contributed by atoms with Gasteiger partial charge in [0.2, 0.25) is 94.5 Å². The lowest BCUT2D eigenvalue weighted by Crippen LogP contribution is -2.62. The smallest absolute Gasteiger partial charge is 0.317 e. The van der Waals surface area contributed by atoms with Crippen LogP contribution in [-0.2, 0) is 115 Å². The third kappa shape index (κ3) is 48.5. The van der Waals surface area contributed by atoms with Crippen LogP contribution in [0.2, 0.25) is 0 Å². The highest BCUT2D eigenvalue weighted by molar-refractivity contribution is 6.01. The number of aliphatic hydroxyl groups excluding tert-OH is 2. The molecular weight excluding hydrogens is 1900 g/mol. The minimum absolute atomic E-state index is 0.00934. The first kappa shape index (κ1) is 120. The molecule has 806 valence electrons. The van der Waals surface area contributed by atoms with Crippen molar-refractivity contribution in [3.63, 3.8) is 0 Å². The van der Waals surface area contributed by atoms with Crippen LogP contribution in [0.1, 0.15) is 204 Å². The average Bonchev–Trinajstić information content (AvgIpc) is 1.60. The Hall–Kier alpha value is -14.2. The quantitative estimate of drug-likeness (QED) is 0.0145. The van der Waals surface area contributed by atoms with Crippen LogP contribution < -0.4 is 97.0 Å². The summed E-state index contributed by atoms with van der Waals surface area (Å²) in [5.74, 6) is -18.6. The number of carboxylic acids is 2. The number of imidazole rings is 1. The van der Waals surface area contributed by atoms with E-state index in [1.54, 1.807) is 61.7 Å². The van der Waals surface area contributed by atoms with Crippen molar-refractivity contribution in [2.45, 2.75) is 279 Å². The molecule has 2 aromatic heterocycles. The second-order valence-corrected chi connectivity index (χ2v) is 35.9. The number of carbonyl (C=O) groups is 18. The van der Waals surface area contributed by atoms with Gasteiger partial charge in [0.05, 0.1) is 64.2 Å². The number of fused-ring (bicyclic) bond motifs is 1. The Morgan fingerprint density at radius 1 is 0.637 bits per heavy atom. The first-order chi connectivity index (χ1) is 70.1. The molecule has 51 nitrogen and oxygen atoms in total. The molecule has 0 bridgehead atoms. The number of hydrogen-bond donors (Lipinski definition) is 25. The van der Waals surface area contributed by atoms with E-state index in [1.165, 1.54) is 63.9 Å². The van der Waals surface area contributed by atoms with E-state index in [4.69, 9.17) is 32.1 Å². The number of nitrogens with two attached hydrogens (primary N) is 3. The molecule has 2 fully saturated rings. The number of aliphatic hydroxyl groups is 2. The summed E-state index contributed by atoms with van der Waals surface area (Å²) in [5.41, 5.74) is 18.4. The summed E-state index contributed by atoms with van der Waals surface area (Å²) in [6.45, 7) is 0.408. The molecule has 0 spiro atoms. The lowest BCUT2D eigenvalue weighted by atomic mass is 9.98. The maximum atomic E-state index is 15.5. The van der Waals surface area contributed by atoms with E-state index in [0.717, 1.165) is 54.1 Å². The van der Waals surface area contributed by atoms with Crippen molar-refractivity contribution in [2.75, 3.05) is 91.9 Å². The highest BCUT2D eigenvalue weighted by Crippen LogP contribution is 2.24. The molecule has 0 aliphatic carbocycles. The van der Waals surface area contributed by atoms with E-state index >= 15 is 28.8 Å². The molecule has 5 heterocycles. The van der Waals surface area contributed by atoms with Gasteiger partial charge >= 0.3 is 11.9 Å². The maximum absolute atomic E-state index is 15.5. The van der Waals surface area contributed by atoms with E-state index in [2.05, 4.69) is 117 Å². The largest absolute Gasteiger partial charge is 0.480 e. The van der Waals surface area contributed by atoms with Gasteiger partial charge in [0.25, 0.3) is 0 Å². The van der Waals surface area contributed by atoms with Gasteiger partial charge in [-0.3, -0.25) is 96.6 Å². The highest BCUT2D eigenvalue weighted by Gasteiger charge is 2.45. The number of nitrogens with one attached hydrogen (secondary N) is 18. The highest BCUT2D eigenvalue weighted by atomic mass is 16.5. The SMILES string of the molecule is C=C1/C=C\C=C/CNC=C1C[C@@H]1NC(=O)[C@H](CCCNC(=N)N)NC(=O)[C@@H](Cc2ccccc2)NC(=O)[C@@H]2C[C@@H](O)CN2C(=O)[C@@H](NC(=O)[C@H](CCCC)NC(=O)[C@H](CN(CC(=O)O)CC(=O)O)NC(=O)[C@H](Cc2c[nH]cn2)NC(=O)[C@H](CCC(N)=O)NC(=O)[C@H](CO)NC(=O)CNC(=O)COCCOCCNC(=O)CCCCCCCCCCCCCCCc2nnn[nH]2)CCC(=O)NCCCC[C@@H](C(N)=O)NC1=O. The van der Waals surface area contributed by atoms with Gasteiger partial charge in [-0.15, -0.1) is 5.10 Å². The predicted molar refractivity (Wildman–Crippen MR) is 527 cm³/mol. The molecule has 0 saturated carbocycles. The van der Waals surface area contributed by atoms with Crippen LogP contribution in [0.5, 0.6) is 0 Å². The molecule has 6 rings (SSSR count). The van der Waals surface area contributed by atoms with Crippen LogP contribution in [-0.4, -0.2) is 338 Å². The molecule has 0 radical (unpaired) electrons. The summed E-state index contributed by atoms with van der Waals surface area (Å²) in [5, 5.41) is 102. The van der Waals surface area contributed by atoms with Gasteiger partial charge in [-0.25, -0.2) is 10.1 Å². The summed E-state index contributed by atoms with van der Waals surface area (Å²) >= 11 is 0. The van der Waals surface area contributed by atoms with E-state index in [0.29, 0.717) is 36.1 Å². The number of H-pyrrole nitrogens is 2. The Bertz CT molecular complexity index is 4800. The molecule has 2 saturated heterocycles. The minimum atomic E-state index is -2.11. The monoisotopic (exact) mass is 2050 g/mol. The fourth-order valence-corrected chi connectivity index (χ4v) is 16.1. The average molecular weight is 2050 g/mol. The molecule has 3 aromatic rings. The summed E-state index contributed by atoms with van der Waals surface area (Å²) in [7, 11) is 0. The van der Waals surface area contributed by atoms with Crippen LogP contribution in [0.15, 0.2) is 91.1 Å². The Morgan fingerprint density at radius 3 is 1.91 bits per heavy atom. The lowest BCUT2D eigenvalue weighted by Gasteiger charge is -2.31. The normalized spacial score (nSPS) is 19.3. The number of carbonyl (C=O) groups excluding carboxylic acids is 16. The number of tetrazole rings is 1. The van der Waals surface area contributed by atoms with Crippen LogP contribution in [0.3, 0.4) is 0 Å². The number of primary amides is 2. The zero-order valence-corrected chi connectivity index (χ0v) is 82.8. The van der Waals surface area contributed by atoms with Gasteiger partial charge in [0.1, 0.15) is 78.9 Å². The topological polar surface area (TPSA) is 779 Å². The molecule has 12 atom stereocenters. The molecule has 51 heteroatoms. The Balaban J connectivity index is 1.15. The first-order valence-electron chi connectivity index (χ1n) is 49.7. The number of rotatable bonds is 61. The van der Waals surface area contributed by atoms with Gasteiger partial charge < -0.3 is 137 Å². The summed E-state index contributed by atoms with van der Waals surface area (Å²) in [6.07, 6.45) is 21.9. The van der Waals surface area contributed by atoms with Gasteiger partial charge in [-0.2, -0.15) is 0 Å². The number of amides is 16. The Kier molecular flexibility index (Phi) is 56.2. The molecule has 16 amide bonds. The van der Waals surface area contributed by atoms with Crippen molar-refractivity contribution in [3.8, 4) is 0 Å². The van der Waals surface area contributed by atoms with Gasteiger partial charge in [-0.1, -0.05) is 152 Å². The minimum Gasteiger partial charge on any atom is -0.480 e. The molecular formula is C95H147N27O24. The molecule has 3 aliphatic heterocycles. The number of unbranched alkanes of at least 4 members (excludes halogenated alkanes) is 13. The summed E-state index contributed by atoms with van der Waals surface area (Å²) in [6, 6.07) is -10.7. The third-order valence-corrected chi connectivity index (χ3v) is 23.9. The Labute approximate surface area is 846 Å². The zero-order chi connectivity index (χ0) is 107. The molecule has 0 unspecified atom stereocenters. The molecule has 146 heavy (non-hydrogen) atoms. The number of carboxylic acid groups (broad SMARTS) is 2. The van der Waals surface area contributed by atoms with Crippen LogP contribution in [0, 0.1) is 5.41 Å².